The summed E-state index contributed by atoms with van der Waals surface area (Å²) in [4.78, 5) is 35.1. The average Bonchev–Trinajstić information content (AvgIpc) is 3.19. The molecule has 0 saturated carbocycles. The SMILES string of the molecule is CC(C(=O)O)N1C(=O)C(=Cc2ccc(-c3ccc([N+](=O)[O-])cc3)o2)SC1=S. The minimum Gasteiger partial charge on any atom is -0.480 e. The van der Waals surface area contributed by atoms with Crippen LogP contribution in [0.4, 0.5) is 5.69 Å². The van der Waals surface area contributed by atoms with Crippen molar-refractivity contribution in [2.45, 2.75) is 13.0 Å². The van der Waals surface area contributed by atoms with Gasteiger partial charge >= 0.3 is 5.97 Å². The Kier molecular flexibility index (Phi) is 5.10. The van der Waals surface area contributed by atoms with Gasteiger partial charge in [0.25, 0.3) is 11.6 Å². The molecule has 1 aliphatic rings. The number of aliphatic carboxylic acids is 1. The lowest BCUT2D eigenvalue weighted by Crippen LogP contribution is -2.41. The van der Waals surface area contributed by atoms with Crippen LogP contribution in [0, 0.1) is 10.1 Å². The Morgan fingerprint density at radius 2 is 2.00 bits per heavy atom. The summed E-state index contributed by atoms with van der Waals surface area (Å²) in [6, 6.07) is 8.13. The van der Waals surface area contributed by atoms with Gasteiger partial charge in [-0.3, -0.25) is 19.8 Å². The number of carboxylic acids is 1. The molecule has 0 aliphatic carbocycles. The highest BCUT2D eigenvalue weighted by atomic mass is 32.2. The summed E-state index contributed by atoms with van der Waals surface area (Å²) in [6.45, 7) is 1.38. The fraction of sp³-hybridized carbons (Fsp3) is 0.118. The molecular formula is C17H12N2O6S2. The number of hydrogen-bond acceptors (Lipinski definition) is 7. The van der Waals surface area contributed by atoms with E-state index >= 15 is 0 Å². The van der Waals surface area contributed by atoms with Crippen molar-refractivity contribution in [3.05, 3.63) is 57.2 Å². The number of nitro groups is 1. The van der Waals surface area contributed by atoms with E-state index in [0.717, 1.165) is 16.7 Å². The molecule has 1 saturated heterocycles. The topological polar surface area (TPSA) is 114 Å². The number of rotatable bonds is 5. The van der Waals surface area contributed by atoms with Crippen LogP contribution in [0.3, 0.4) is 0 Å². The zero-order chi connectivity index (χ0) is 19.7. The Balaban J connectivity index is 1.83. The van der Waals surface area contributed by atoms with Crippen molar-refractivity contribution in [2.24, 2.45) is 0 Å². The summed E-state index contributed by atoms with van der Waals surface area (Å²) < 4.78 is 5.84. The third-order valence-corrected chi connectivity index (χ3v) is 5.16. The van der Waals surface area contributed by atoms with E-state index in [1.54, 1.807) is 24.3 Å². The number of carbonyl (C=O) groups is 2. The van der Waals surface area contributed by atoms with E-state index in [1.807, 2.05) is 0 Å². The van der Waals surface area contributed by atoms with Crippen molar-refractivity contribution < 1.29 is 24.0 Å². The molecule has 1 N–H and O–H groups in total. The van der Waals surface area contributed by atoms with Crippen molar-refractivity contribution in [3.63, 3.8) is 0 Å². The summed E-state index contributed by atoms with van der Waals surface area (Å²) in [5.74, 6) is -0.781. The highest BCUT2D eigenvalue weighted by molar-refractivity contribution is 8.26. The second-order valence-electron chi connectivity index (χ2n) is 5.57. The monoisotopic (exact) mass is 404 g/mol. The number of carbonyl (C=O) groups excluding carboxylic acids is 1. The quantitative estimate of drug-likeness (QED) is 0.348. The van der Waals surface area contributed by atoms with Gasteiger partial charge < -0.3 is 9.52 Å². The molecular weight excluding hydrogens is 392 g/mol. The number of thioether (sulfide) groups is 1. The first-order chi connectivity index (χ1) is 12.8. The van der Waals surface area contributed by atoms with Gasteiger partial charge in [-0.25, -0.2) is 4.79 Å². The first-order valence-electron chi connectivity index (χ1n) is 7.62. The average molecular weight is 404 g/mol. The van der Waals surface area contributed by atoms with Crippen molar-refractivity contribution in [1.82, 2.24) is 4.90 Å². The molecule has 1 atom stereocenters. The van der Waals surface area contributed by atoms with Crippen LogP contribution < -0.4 is 0 Å². The summed E-state index contributed by atoms with van der Waals surface area (Å²) in [6.07, 6.45) is 1.49. The number of hydrogen-bond donors (Lipinski definition) is 1. The highest BCUT2D eigenvalue weighted by Crippen LogP contribution is 2.35. The molecule has 138 valence electrons. The minimum absolute atomic E-state index is 0.0262. The second kappa shape index (κ2) is 7.33. The van der Waals surface area contributed by atoms with Crippen molar-refractivity contribution in [2.75, 3.05) is 0 Å². The van der Waals surface area contributed by atoms with E-state index in [-0.39, 0.29) is 14.9 Å². The molecule has 2 aromatic rings. The molecule has 1 fully saturated rings. The Bertz CT molecular complexity index is 980. The molecule has 0 spiro atoms. The lowest BCUT2D eigenvalue weighted by molar-refractivity contribution is -0.384. The van der Waals surface area contributed by atoms with Gasteiger partial charge in [0.15, 0.2) is 0 Å². The molecule has 8 nitrogen and oxygen atoms in total. The van der Waals surface area contributed by atoms with Crippen molar-refractivity contribution in [3.8, 4) is 11.3 Å². The molecule has 1 aromatic heterocycles. The van der Waals surface area contributed by atoms with Crippen molar-refractivity contribution in [1.29, 1.82) is 0 Å². The highest BCUT2D eigenvalue weighted by Gasteiger charge is 2.38. The summed E-state index contributed by atoms with van der Waals surface area (Å²) in [5.41, 5.74) is 0.619. The Morgan fingerprint density at radius 3 is 2.59 bits per heavy atom. The van der Waals surface area contributed by atoms with Gasteiger partial charge in [-0.2, -0.15) is 0 Å². The molecule has 1 aromatic carbocycles. The number of non-ortho nitro benzene ring substituents is 1. The van der Waals surface area contributed by atoms with E-state index in [2.05, 4.69) is 0 Å². The van der Waals surface area contributed by atoms with Gasteiger partial charge in [-0.1, -0.05) is 24.0 Å². The minimum atomic E-state index is -1.15. The summed E-state index contributed by atoms with van der Waals surface area (Å²) in [7, 11) is 0. The molecule has 1 amide bonds. The number of nitrogens with zero attached hydrogens (tertiary/aromatic N) is 2. The summed E-state index contributed by atoms with van der Waals surface area (Å²) >= 11 is 6.10. The van der Waals surface area contributed by atoms with Crippen LogP contribution in [0.25, 0.3) is 17.4 Å². The normalized spacial score (nSPS) is 16.8. The lowest BCUT2D eigenvalue weighted by Gasteiger charge is -2.18. The predicted octanol–water partition coefficient (Wildman–Crippen LogP) is 3.53. The van der Waals surface area contributed by atoms with Crippen molar-refractivity contribution >= 4 is 51.9 Å². The maximum Gasteiger partial charge on any atom is 0.326 e. The van der Waals surface area contributed by atoms with Crippen LogP contribution in [-0.2, 0) is 9.59 Å². The van der Waals surface area contributed by atoms with E-state index < -0.39 is 22.8 Å². The van der Waals surface area contributed by atoms with Gasteiger partial charge in [0.05, 0.1) is 9.83 Å². The second-order valence-corrected chi connectivity index (χ2v) is 7.25. The smallest absolute Gasteiger partial charge is 0.326 e. The Morgan fingerprint density at radius 1 is 1.33 bits per heavy atom. The molecule has 0 bridgehead atoms. The molecule has 1 unspecified atom stereocenters. The van der Waals surface area contributed by atoms with E-state index in [9.17, 15) is 19.7 Å². The maximum absolute atomic E-state index is 12.4. The number of carboxylic acid groups (broad SMARTS) is 1. The maximum atomic E-state index is 12.4. The first kappa shape index (κ1) is 18.8. The number of amides is 1. The van der Waals surface area contributed by atoms with Crippen LogP contribution in [0.15, 0.2) is 45.7 Å². The fourth-order valence-corrected chi connectivity index (χ4v) is 3.78. The molecule has 3 rings (SSSR count). The standard InChI is InChI=1S/C17H12N2O6S2/c1-9(16(21)22)18-15(20)14(27-17(18)26)8-12-6-7-13(25-12)10-2-4-11(5-3-10)19(23)24/h2-9H,1H3,(H,21,22). The van der Waals surface area contributed by atoms with E-state index in [1.165, 1.54) is 25.1 Å². The number of benzene rings is 1. The lowest BCUT2D eigenvalue weighted by atomic mass is 10.1. The Labute approximate surface area is 162 Å². The van der Waals surface area contributed by atoms with Gasteiger partial charge in [0.1, 0.15) is 21.9 Å². The van der Waals surface area contributed by atoms with Crippen LogP contribution in [0.5, 0.6) is 0 Å². The fourth-order valence-electron chi connectivity index (χ4n) is 2.39. The van der Waals surface area contributed by atoms with Gasteiger partial charge in [0, 0.05) is 23.8 Å². The predicted molar refractivity (Wildman–Crippen MR) is 103 cm³/mol. The third-order valence-electron chi connectivity index (χ3n) is 3.83. The molecule has 2 heterocycles. The number of nitro benzene ring substituents is 1. The zero-order valence-electron chi connectivity index (χ0n) is 13.8. The van der Waals surface area contributed by atoms with Gasteiger partial charge in [-0.05, 0) is 31.2 Å². The van der Waals surface area contributed by atoms with Gasteiger partial charge in [-0.15, -0.1) is 0 Å². The third kappa shape index (κ3) is 3.76. The van der Waals surface area contributed by atoms with Crippen LogP contribution in [0.2, 0.25) is 0 Å². The zero-order valence-corrected chi connectivity index (χ0v) is 15.5. The molecule has 0 radical (unpaired) electrons. The van der Waals surface area contributed by atoms with Gasteiger partial charge in [0.2, 0.25) is 0 Å². The van der Waals surface area contributed by atoms with Crippen LogP contribution >= 0.6 is 24.0 Å². The number of furan rings is 1. The molecule has 1 aliphatic heterocycles. The Hall–Kier alpha value is -2.98. The van der Waals surface area contributed by atoms with Crippen LogP contribution in [0.1, 0.15) is 12.7 Å². The van der Waals surface area contributed by atoms with E-state index in [4.69, 9.17) is 21.7 Å². The van der Waals surface area contributed by atoms with E-state index in [0.29, 0.717) is 17.1 Å². The molecule has 27 heavy (non-hydrogen) atoms. The largest absolute Gasteiger partial charge is 0.480 e. The number of thiocarbonyl (C=S) groups is 1. The van der Waals surface area contributed by atoms with Crippen LogP contribution in [-0.4, -0.2) is 37.2 Å². The summed E-state index contributed by atoms with van der Waals surface area (Å²) in [5, 5.41) is 19.8. The molecule has 10 heteroatoms. The first-order valence-corrected chi connectivity index (χ1v) is 8.85.